The van der Waals surface area contributed by atoms with Gasteiger partial charge in [-0.05, 0) is 19.9 Å². The van der Waals surface area contributed by atoms with Crippen LogP contribution >= 0.6 is 11.6 Å². The molecule has 0 amide bonds. The van der Waals surface area contributed by atoms with Crippen molar-refractivity contribution in [2.45, 2.75) is 26.4 Å². The molecule has 7 heteroatoms. The number of benzene rings is 1. The second-order valence-electron chi connectivity index (χ2n) is 4.42. The Morgan fingerprint density at radius 3 is 2.85 bits per heavy atom. The average Bonchev–Trinajstić information content (AvgIpc) is 2.89. The lowest BCUT2D eigenvalue weighted by Gasteiger charge is -2.14. The first kappa shape index (κ1) is 14.3. The van der Waals surface area contributed by atoms with Crippen LogP contribution in [0.3, 0.4) is 0 Å². The number of hydrogen-bond acceptors (Lipinski definition) is 4. The van der Waals surface area contributed by atoms with Crippen LogP contribution < -0.4 is 5.32 Å². The lowest BCUT2D eigenvalue weighted by molar-refractivity contribution is -0.384. The molecule has 2 aromatic rings. The summed E-state index contributed by atoms with van der Waals surface area (Å²) in [6.45, 7) is 4.81. The first-order valence-corrected chi connectivity index (χ1v) is 6.62. The van der Waals surface area contributed by atoms with Gasteiger partial charge in [0.2, 0.25) is 0 Å². The predicted octanol–water partition coefficient (Wildman–Crippen LogP) is 3.64. The van der Waals surface area contributed by atoms with Crippen LogP contribution in [0.5, 0.6) is 0 Å². The Labute approximate surface area is 121 Å². The maximum Gasteiger partial charge on any atom is 0.271 e. The van der Waals surface area contributed by atoms with E-state index in [4.69, 9.17) is 11.6 Å². The molecule has 0 saturated carbocycles. The van der Waals surface area contributed by atoms with Crippen molar-refractivity contribution in [3.63, 3.8) is 0 Å². The van der Waals surface area contributed by atoms with Crippen molar-refractivity contribution in [3.05, 3.63) is 51.3 Å². The minimum atomic E-state index is -0.468. The summed E-state index contributed by atoms with van der Waals surface area (Å²) in [7, 11) is 0. The summed E-state index contributed by atoms with van der Waals surface area (Å²) in [5.41, 5.74) is 1.67. The smallest absolute Gasteiger partial charge is 0.271 e. The molecular formula is C13H15ClN4O2. The standard InChI is InChI=1S/C13H15ClN4O2/c1-3-17-8-10(7-15-17)9(2)16-13-5-4-11(18(19)20)6-12(13)14/h4-9,16H,3H2,1-2H3. The Morgan fingerprint density at radius 2 is 2.30 bits per heavy atom. The van der Waals surface area contributed by atoms with Crippen LogP contribution in [0, 0.1) is 10.1 Å². The second kappa shape index (κ2) is 5.92. The number of nitro groups is 1. The molecule has 1 aromatic heterocycles. The molecule has 0 saturated heterocycles. The maximum absolute atomic E-state index is 10.7. The van der Waals surface area contributed by atoms with Crippen LogP contribution in [-0.2, 0) is 6.54 Å². The summed E-state index contributed by atoms with van der Waals surface area (Å²) in [6.07, 6.45) is 3.75. The van der Waals surface area contributed by atoms with E-state index < -0.39 is 4.92 Å². The molecule has 0 aliphatic heterocycles. The zero-order valence-electron chi connectivity index (χ0n) is 11.2. The molecule has 0 bridgehead atoms. The SMILES string of the molecule is CCn1cc(C(C)Nc2ccc([N+](=O)[O-])cc2Cl)cn1. The van der Waals surface area contributed by atoms with E-state index in [0.717, 1.165) is 12.1 Å². The summed E-state index contributed by atoms with van der Waals surface area (Å²) >= 11 is 6.05. The highest BCUT2D eigenvalue weighted by Crippen LogP contribution is 2.29. The highest BCUT2D eigenvalue weighted by atomic mass is 35.5. The molecule has 0 spiro atoms. The zero-order chi connectivity index (χ0) is 14.7. The van der Waals surface area contributed by atoms with Gasteiger partial charge in [-0.3, -0.25) is 14.8 Å². The first-order chi connectivity index (χ1) is 9.51. The molecule has 2 rings (SSSR count). The Bertz CT molecular complexity index is 627. The van der Waals surface area contributed by atoms with Gasteiger partial charge in [-0.2, -0.15) is 5.10 Å². The quantitative estimate of drug-likeness (QED) is 0.675. The van der Waals surface area contributed by atoms with E-state index >= 15 is 0 Å². The lowest BCUT2D eigenvalue weighted by atomic mass is 10.2. The van der Waals surface area contributed by atoms with Crippen LogP contribution in [0.1, 0.15) is 25.5 Å². The van der Waals surface area contributed by atoms with Crippen molar-refractivity contribution in [3.8, 4) is 0 Å². The Balaban J connectivity index is 2.15. The minimum Gasteiger partial charge on any atom is -0.377 e. The summed E-state index contributed by atoms with van der Waals surface area (Å²) < 4.78 is 1.84. The number of rotatable bonds is 5. The molecule has 1 N–H and O–H groups in total. The number of non-ortho nitro benzene ring substituents is 1. The van der Waals surface area contributed by atoms with Crippen molar-refractivity contribution in [1.29, 1.82) is 0 Å². The van der Waals surface area contributed by atoms with Gasteiger partial charge in [0.05, 0.1) is 27.9 Å². The van der Waals surface area contributed by atoms with Gasteiger partial charge in [-0.1, -0.05) is 11.6 Å². The zero-order valence-corrected chi connectivity index (χ0v) is 12.0. The number of aromatic nitrogens is 2. The molecule has 0 radical (unpaired) electrons. The normalized spacial score (nSPS) is 12.2. The van der Waals surface area contributed by atoms with Gasteiger partial charge in [0, 0.05) is 30.4 Å². The highest BCUT2D eigenvalue weighted by Gasteiger charge is 2.13. The van der Waals surface area contributed by atoms with E-state index in [2.05, 4.69) is 10.4 Å². The molecule has 1 unspecified atom stereocenters. The molecule has 6 nitrogen and oxygen atoms in total. The third-order valence-electron chi connectivity index (χ3n) is 3.01. The maximum atomic E-state index is 10.7. The van der Waals surface area contributed by atoms with Crippen molar-refractivity contribution in [2.24, 2.45) is 0 Å². The van der Waals surface area contributed by atoms with Crippen molar-refractivity contribution in [1.82, 2.24) is 9.78 Å². The fraction of sp³-hybridized carbons (Fsp3) is 0.308. The Morgan fingerprint density at radius 1 is 1.55 bits per heavy atom. The van der Waals surface area contributed by atoms with Gasteiger partial charge < -0.3 is 5.32 Å². The fourth-order valence-corrected chi connectivity index (χ4v) is 2.06. The lowest BCUT2D eigenvalue weighted by Crippen LogP contribution is -2.06. The largest absolute Gasteiger partial charge is 0.377 e. The van der Waals surface area contributed by atoms with E-state index in [1.165, 1.54) is 12.1 Å². The number of nitrogens with zero attached hydrogens (tertiary/aromatic N) is 3. The molecule has 0 fully saturated rings. The molecule has 1 aromatic carbocycles. The van der Waals surface area contributed by atoms with E-state index in [-0.39, 0.29) is 11.7 Å². The number of anilines is 1. The first-order valence-electron chi connectivity index (χ1n) is 6.24. The average molecular weight is 295 g/mol. The monoisotopic (exact) mass is 294 g/mol. The molecule has 0 aliphatic rings. The predicted molar refractivity (Wildman–Crippen MR) is 78.0 cm³/mol. The number of nitrogens with one attached hydrogen (secondary N) is 1. The fourth-order valence-electron chi connectivity index (χ4n) is 1.83. The van der Waals surface area contributed by atoms with Crippen molar-refractivity contribution in [2.75, 3.05) is 5.32 Å². The Kier molecular flexibility index (Phi) is 4.24. The van der Waals surface area contributed by atoms with E-state index in [1.54, 1.807) is 12.3 Å². The molecular weight excluding hydrogens is 280 g/mol. The van der Waals surface area contributed by atoms with Gasteiger partial charge in [-0.25, -0.2) is 0 Å². The van der Waals surface area contributed by atoms with E-state index in [0.29, 0.717) is 10.7 Å². The summed E-state index contributed by atoms with van der Waals surface area (Å²) in [5, 5.41) is 18.4. The van der Waals surface area contributed by atoms with Crippen molar-refractivity contribution < 1.29 is 4.92 Å². The number of halogens is 1. The molecule has 20 heavy (non-hydrogen) atoms. The number of hydrogen-bond donors (Lipinski definition) is 1. The summed E-state index contributed by atoms with van der Waals surface area (Å²) in [4.78, 5) is 10.2. The summed E-state index contributed by atoms with van der Waals surface area (Å²) in [6, 6.07) is 4.39. The van der Waals surface area contributed by atoms with Crippen molar-refractivity contribution >= 4 is 23.0 Å². The molecule has 106 valence electrons. The van der Waals surface area contributed by atoms with E-state index in [9.17, 15) is 10.1 Å². The van der Waals surface area contributed by atoms with Gasteiger partial charge in [0.25, 0.3) is 5.69 Å². The number of nitro benzene ring substituents is 1. The summed E-state index contributed by atoms with van der Waals surface area (Å²) in [5.74, 6) is 0. The van der Waals surface area contributed by atoms with Crippen LogP contribution in [0.2, 0.25) is 5.02 Å². The Hall–Kier alpha value is -2.08. The van der Waals surface area contributed by atoms with Crippen LogP contribution in [0.15, 0.2) is 30.6 Å². The molecule has 1 heterocycles. The van der Waals surface area contributed by atoms with Crippen LogP contribution in [-0.4, -0.2) is 14.7 Å². The molecule has 1 atom stereocenters. The number of aryl methyl sites for hydroxylation is 1. The van der Waals surface area contributed by atoms with E-state index in [1.807, 2.05) is 24.7 Å². The minimum absolute atomic E-state index is 0.00857. The van der Waals surface area contributed by atoms with Gasteiger partial charge in [0.15, 0.2) is 0 Å². The molecule has 0 aliphatic carbocycles. The van der Waals surface area contributed by atoms with Gasteiger partial charge >= 0.3 is 0 Å². The second-order valence-corrected chi connectivity index (χ2v) is 4.82. The van der Waals surface area contributed by atoms with Gasteiger partial charge in [0.1, 0.15) is 0 Å². The topological polar surface area (TPSA) is 73.0 Å². The van der Waals surface area contributed by atoms with Crippen LogP contribution in [0.25, 0.3) is 0 Å². The van der Waals surface area contributed by atoms with Gasteiger partial charge in [-0.15, -0.1) is 0 Å². The third-order valence-corrected chi connectivity index (χ3v) is 3.33. The highest BCUT2D eigenvalue weighted by molar-refractivity contribution is 6.33. The van der Waals surface area contributed by atoms with Crippen LogP contribution in [0.4, 0.5) is 11.4 Å². The third kappa shape index (κ3) is 3.08.